The number of alkyl halides is 1. The van der Waals surface area contributed by atoms with Gasteiger partial charge < -0.3 is 9.32 Å². The molecule has 5 heteroatoms. The number of amides is 1. The van der Waals surface area contributed by atoms with Crippen LogP contribution in [-0.2, 0) is 6.42 Å². The number of aryl methyl sites for hydroxylation is 1. The average Bonchev–Trinajstić information content (AvgIpc) is 2.96. The van der Waals surface area contributed by atoms with Crippen molar-refractivity contribution in [2.45, 2.75) is 32.2 Å². The van der Waals surface area contributed by atoms with Crippen LogP contribution in [0.15, 0.2) is 10.8 Å². The number of nitrogens with zero attached hydrogens (tertiary/aromatic N) is 2. The topological polar surface area (TPSA) is 46.3 Å². The highest BCUT2D eigenvalue weighted by Gasteiger charge is 2.31. The van der Waals surface area contributed by atoms with Crippen LogP contribution >= 0.6 is 0 Å². The summed E-state index contributed by atoms with van der Waals surface area (Å²) < 4.78 is 17.8. The zero-order chi connectivity index (χ0) is 11.5. The van der Waals surface area contributed by atoms with E-state index in [0.29, 0.717) is 24.4 Å². The Balaban J connectivity index is 2.18. The number of hydrogen-bond donors (Lipinski definition) is 0. The molecule has 1 aromatic heterocycles. The van der Waals surface area contributed by atoms with E-state index >= 15 is 0 Å². The summed E-state index contributed by atoms with van der Waals surface area (Å²) >= 11 is 0. The number of carbonyl (C=O) groups is 1. The van der Waals surface area contributed by atoms with Crippen LogP contribution in [0.5, 0.6) is 0 Å². The lowest BCUT2D eigenvalue weighted by molar-refractivity contribution is 0.0709. The van der Waals surface area contributed by atoms with Crippen LogP contribution < -0.4 is 0 Å². The van der Waals surface area contributed by atoms with Crippen molar-refractivity contribution in [1.82, 2.24) is 9.88 Å². The van der Waals surface area contributed by atoms with Crippen LogP contribution in [-0.4, -0.2) is 35.1 Å². The van der Waals surface area contributed by atoms with Crippen molar-refractivity contribution < 1.29 is 13.6 Å². The first-order valence-corrected chi connectivity index (χ1v) is 5.57. The lowest BCUT2D eigenvalue weighted by Gasteiger charge is -2.21. The van der Waals surface area contributed by atoms with Crippen molar-refractivity contribution in [1.29, 1.82) is 0 Å². The smallest absolute Gasteiger partial charge is 0.276 e. The van der Waals surface area contributed by atoms with Crippen molar-refractivity contribution in [3.8, 4) is 0 Å². The molecule has 0 aliphatic carbocycles. The van der Waals surface area contributed by atoms with Crippen molar-refractivity contribution in [3.63, 3.8) is 0 Å². The predicted molar refractivity (Wildman–Crippen MR) is 55.9 cm³/mol. The molecule has 16 heavy (non-hydrogen) atoms. The van der Waals surface area contributed by atoms with Gasteiger partial charge in [-0.3, -0.25) is 4.79 Å². The normalized spacial score (nSPS) is 20.4. The van der Waals surface area contributed by atoms with E-state index in [0.717, 1.165) is 12.8 Å². The van der Waals surface area contributed by atoms with E-state index in [4.69, 9.17) is 4.42 Å². The molecule has 1 aliphatic rings. The molecule has 1 aliphatic heterocycles. The van der Waals surface area contributed by atoms with E-state index in [-0.39, 0.29) is 11.9 Å². The highest BCUT2D eigenvalue weighted by Crippen LogP contribution is 2.21. The molecule has 1 atom stereocenters. The van der Waals surface area contributed by atoms with E-state index in [1.54, 1.807) is 4.90 Å². The van der Waals surface area contributed by atoms with Gasteiger partial charge in [0.1, 0.15) is 12.4 Å². The maximum absolute atomic E-state index is 12.7. The van der Waals surface area contributed by atoms with Gasteiger partial charge in [0.05, 0.1) is 6.04 Å². The summed E-state index contributed by atoms with van der Waals surface area (Å²) in [6.07, 6.45) is 3.49. The molecule has 4 nitrogen and oxygen atoms in total. The third-order valence-electron chi connectivity index (χ3n) is 2.98. The summed E-state index contributed by atoms with van der Waals surface area (Å²) in [5, 5.41) is 0. The molecule has 0 aromatic carbocycles. The second-order valence-corrected chi connectivity index (χ2v) is 3.93. The fourth-order valence-electron chi connectivity index (χ4n) is 2.10. The quantitative estimate of drug-likeness (QED) is 0.789. The van der Waals surface area contributed by atoms with Crippen LogP contribution in [0.1, 0.15) is 36.0 Å². The third-order valence-corrected chi connectivity index (χ3v) is 2.98. The lowest BCUT2D eigenvalue weighted by atomic mass is 10.2. The number of hydrogen-bond acceptors (Lipinski definition) is 3. The Morgan fingerprint density at radius 2 is 2.56 bits per heavy atom. The van der Waals surface area contributed by atoms with Gasteiger partial charge in [-0.2, -0.15) is 0 Å². The fourth-order valence-corrected chi connectivity index (χ4v) is 2.10. The first-order valence-electron chi connectivity index (χ1n) is 5.57. The summed E-state index contributed by atoms with van der Waals surface area (Å²) in [4.78, 5) is 17.6. The van der Waals surface area contributed by atoms with Crippen LogP contribution in [0.25, 0.3) is 0 Å². The molecule has 1 amide bonds. The van der Waals surface area contributed by atoms with Crippen molar-refractivity contribution in [2.75, 3.05) is 13.2 Å². The first-order chi connectivity index (χ1) is 7.77. The summed E-state index contributed by atoms with van der Waals surface area (Å²) in [6.45, 7) is 2.03. The number of halogens is 1. The van der Waals surface area contributed by atoms with E-state index in [2.05, 4.69) is 4.98 Å². The Hall–Kier alpha value is -1.39. The highest BCUT2D eigenvalue weighted by molar-refractivity contribution is 5.93. The number of likely N-dealkylation sites (tertiary alicyclic amines) is 1. The van der Waals surface area contributed by atoms with Crippen LogP contribution in [0.4, 0.5) is 4.39 Å². The highest BCUT2D eigenvalue weighted by atomic mass is 19.1. The van der Waals surface area contributed by atoms with Crippen molar-refractivity contribution in [3.05, 3.63) is 17.8 Å². The van der Waals surface area contributed by atoms with Gasteiger partial charge in [0, 0.05) is 13.0 Å². The Morgan fingerprint density at radius 3 is 3.25 bits per heavy atom. The van der Waals surface area contributed by atoms with E-state index in [9.17, 15) is 9.18 Å². The molecule has 0 spiro atoms. The summed E-state index contributed by atoms with van der Waals surface area (Å²) in [5.74, 6) is 0.375. The van der Waals surface area contributed by atoms with Gasteiger partial charge in [-0.05, 0) is 12.8 Å². The SMILES string of the molecule is CCc1ocnc1C(=O)N1CCC[C@@H]1CF. The molecule has 2 rings (SSSR count). The van der Waals surface area contributed by atoms with Crippen LogP contribution in [0.2, 0.25) is 0 Å². The van der Waals surface area contributed by atoms with E-state index in [1.807, 2.05) is 6.92 Å². The van der Waals surface area contributed by atoms with Gasteiger partial charge in [-0.15, -0.1) is 0 Å². The molecule has 1 aromatic rings. The van der Waals surface area contributed by atoms with Gasteiger partial charge in [0.15, 0.2) is 12.1 Å². The Labute approximate surface area is 93.4 Å². The predicted octanol–water partition coefficient (Wildman–Crippen LogP) is 1.81. The number of oxazole rings is 1. The van der Waals surface area contributed by atoms with Gasteiger partial charge in [-0.25, -0.2) is 9.37 Å². The maximum atomic E-state index is 12.7. The molecule has 2 heterocycles. The number of rotatable bonds is 3. The minimum Gasteiger partial charge on any atom is -0.448 e. The number of carbonyl (C=O) groups excluding carboxylic acids is 1. The Bertz CT molecular complexity index is 378. The monoisotopic (exact) mass is 226 g/mol. The van der Waals surface area contributed by atoms with Gasteiger partial charge in [0.25, 0.3) is 5.91 Å². The van der Waals surface area contributed by atoms with E-state index in [1.165, 1.54) is 6.39 Å². The van der Waals surface area contributed by atoms with Gasteiger partial charge in [0.2, 0.25) is 0 Å². The van der Waals surface area contributed by atoms with Crippen molar-refractivity contribution in [2.24, 2.45) is 0 Å². The number of aromatic nitrogens is 1. The zero-order valence-corrected chi connectivity index (χ0v) is 9.28. The van der Waals surface area contributed by atoms with Crippen LogP contribution in [0, 0.1) is 0 Å². The molecule has 1 fully saturated rings. The second kappa shape index (κ2) is 4.63. The summed E-state index contributed by atoms with van der Waals surface area (Å²) in [7, 11) is 0. The van der Waals surface area contributed by atoms with E-state index < -0.39 is 6.67 Å². The third kappa shape index (κ3) is 1.81. The second-order valence-electron chi connectivity index (χ2n) is 3.93. The summed E-state index contributed by atoms with van der Waals surface area (Å²) in [6, 6.07) is -0.283. The molecule has 0 N–H and O–H groups in total. The largest absolute Gasteiger partial charge is 0.448 e. The molecule has 1 saturated heterocycles. The van der Waals surface area contributed by atoms with Gasteiger partial charge >= 0.3 is 0 Å². The van der Waals surface area contributed by atoms with Gasteiger partial charge in [-0.1, -0.05) is 6.92 Å². The molecule has 0 unspecified atom stereocenters. The standard InChI is InChI=1S/C11H15FN2O2/c1-2-9-10(13-7-16-9)11(15)14-5-3-4-8(14)6-12/h7-8H,2-6H2,1H3/t8-/m1/s1. The molecule has 88 valence electrons. The molecule has 0 bridgehead atoms. The zero-order valence-electron chi connectivity index (χ0n) is 9.28. The summed E-state index contributed by atoms with van der Waals surface area (Å²) in [5.41, 5.74) is 0.336. The molecule has 0 saturated carbocycles. The average molecular weight is 226 g/mol. The minimum atomic E-state index is -0.481. The Morgan fingerprint density at radius 1 is 1.75 bits per heavy atom. The first kappa shape index (κ1) is 11.1. The van der Waals surface area contributed by atoms with Crippen molar-refractivity contribution >= 4 is 5.91 Å². The fraction of sp³-hybridized carbons (Fsp3) is 0.636. The Kier molecular flexibility index (Phi) is 3.22. The molecule has 0 radical (unpaired) electrons. The molecular formula is C11H15FN2O2. The lowest BCUT2D eigenvalue weighted by Crippen LogP contribution is -2.37. The molecular weight excluding hydrogens is 211 g/mol. The minimum absolute atomic E-state index is 0.203. The maximum Gasteiger partial charge on any atom is 0.276 e. The van der Waals surface area contributed by atoms with Crippen LogP contribution in [0.3, 0.4) is 0 Å².